The van der Waals surface area contributed by atoms with E-state index in [0.717, 1.165) is 0 Å². The zero-order valence-corrected chi connectivity index (χ0v) is 11.2. The smallest absolute Gasteiger partial charge is 0.435 e. The summed E-state index contributed by atoms with van der Waals surface area (Å²) in [5.41, 5.74) is 0.0353. The van der Waals surface area contributed by atoms with E-state index in [4.69, 9.17) is 10.00 Å². The first kappa shape index (κ1) is 14.8. The number of benzene rings is 1. The van der Waals surface area contributed by atoms with Crippen LogP contribution in [-0.2, 0) is 6.18 Å². The Kier molecular flexibility index (Phi) is 3.80. The van der Waals surface area contributed by atoms with Gasteiger partial charge in [0.1, 0.15) is 5.75 Å². The molecule has 0 saturated carbocycles. The van der Waals surface area contributed by atoms with Gasteiger partial charge < -0.3 is 4.74 Å². The molecular weight excluding hydrogens is 283 g/mol. The highest BCUT2D eigenvalue weighted by atomic mass is 19.4. The van der Waals surface area contributed by atoms with Crippen LogP contribution in [0.25, 0.3) is 0 Å². The number of nitriles is 1. The van der Waals surface area contributed by atoms with Crippen LogP contribution in [0.2, 0.25) is 0 Å². The lowest BCUT2D eigenvalue weighted by atomic mass is 10.1. The number of alkyl halides is 3. The van der Waals surface area contributed by atoms with Crippen LogP contribution in [-0.4, -0.2) is 10.2 Å². The van der Waals surface area contributed by atoms with Crippen LogP contribution in [0.15, 0.2) is 24.3 Å². The van der Waals surface area contributed by atoms with Gasteiger partial charge in [0.25, 0.3) is 0 Å². The molecule has 1 heterocycles. The van der Waals surface area contributed by atoms with Gasteiger partial charge in [-0.15, -0.1) is 10.2 Å². The maximum atomic E-state index is 12.6. The molecule has 2 aromatic rings. The van der Waals surface area contributed by atoms with Gasteiger partial charge in [-0.1, -0.05) is 0 Å². The van der Waals surface area contributed by atoms with Gasteiger partial charge in [-0.3, -0.25) is 0 Å². The molecule has 0 N–H and O–H groups in total. The standard InChI is InChI=1S/C14H10F3N3O/c1-8-5-10(7-18)3-4-11(8)21-12-6-9(2)13(20-19-12)14(15,16)17/h3-6H,1-2H3. The Bertz CT molecular complexity index is 720. The molecule has 1 aromatic heterocycles. The third-order valence-corrected chi connectivity index (χ3v) is 2.75. The lowest BCUT2D eigenvalue weighted by Crippen LogP contribution is -2.11. The Balaban J connectivity index is 2.29. The van der Waals surface area contributed by atoms with Crippen molar-refractivity contribution >= 4 is 0 Å². The zero-order valence-electron chi connectivity index (χ0n) is 11.2. The first-order valence-electron chi connectivity index (χ1n) is 5.91. The summed E-state index contributed by atoms with van der Waals surface area (Å²) < 4.78 is 43.1. The number of rotatable bonds is 2. The van der Waals surface area contributed by atoms with Crippen molar-refractivity contribution in [1.82, 2.24) is 10.2 Å². The third kappa shape index (κ3) is 3.28. The SMILES string of the molecule is Cc1cc(C#N)ccc1Oc1cc(C)c(C(F)(F)F)nn1. The molecule has 4 nitrogen and oxygen atoms in total. The number of aromatic nitrogens is 2. The Morgan fingerprint density at radius 1 is 1.10 bits per heavy atom. The molecule has 2 rings (SSSR count). The van der Waals surface area contributed by atoms with Crippen LogP contribution < -0.4 is 4.74 Å². The minimum Gasteiger partial charge on any atom is -0.437 e. The van der Waals surface area contributed by atoms with Crippen molar-refractivity contribution < 1.29 is 17.9 Å². The number of ether oxygens (including phenoxy) is 1. The molecule has 1 aromatic carbocycles. The van der Waals surface area contributed by atoms with E-state index >= 15 is 0 Å². The van der Waals surface area contributed by atoms with E-state index in [-0.39, 0.29) is 11.4 Å². The predicted octanol–water partition coefficient (Wildman–Crippen LogP) is 3.78. The predicted molar refractivity (Wildman–Crippen MR) is 67.7 cm³/mol. The second-order valence-corrected chi connectivity index (χ2v) is 4.41. The fourth-order valence-corrected chi connectivity index (χ4v) is 1.74. The number of halogens is 3. The highest BCUT2D eigenvalue weighted by molar-refractivity contribution is 5.42. The van der Waals surface area contributed by atoms with Gasteiger partial charge in [0.05, 0.1) is 11.6 Å². The summed E-state index contributed by atoms with van der Waals surface area (Å²) in [6, 6.07) is 7.87. The first-order valence-corrected chi connectivity index (χ1v) is 5.91. The average molecular weight is 293 g/mol. The number of aryl methyl sites for hydroxylation is 2. The Hall–Kier alpha value is -2.62. The molecule has 0 bridgehead atoms. The van der Waals surface area contributed by atoms with Crippen molar-refractivity contribution in [1.29, 1.82) is 5.26 Å². The Morgan fingerprint density at radius 2 is 1.81 bits per heavy atom. The lowest BCUT2D eigenvalue weighted by molar-refractivity contribution is -0.142. The third-order valence-electron chi connectivity index (χ3n) is 2.75. The molecule has 0 aliphatic carbocycles. The summed E-state index contributed by atoms with van der Waals surface area (Å²) in [4.78, 5) is 0. The topological polar surface area (TPSA) is 58.8 Å². The molecule has 0 radical (unpaired) electrons. The second kappa shape index (κ2) is 5.40. The zero-order chi connectivity index (χ0) is 15.6. The molecule has 0 aliphatic rings. The van der Waals surface area contributed by atoms with Gasteiger partial charge in [-0.05, 0) is 43.2 Å². The summed E-state index contributed by atoms with van der Waals surface area (Å²) in [7, 11) is 0. The molecule has 0 aliphatic heterocycles. The molecule has 0 fully saturated rings. The van der Waals surface area contributed by atoms with Crippen molar-refractivity contribution in [2.45, 2.75) is 20.0 Å². The minimum atomic E-state index is -4.54. The number of hydrogen-bond acceptors (Lipinski definition) is 4. The first-order chi connectivity index (χ1) is 9.81. The molecule has 108 valence electrons. The molecule has 21 heavy (non-hydrogen) atoms. The second-order valence-electron chi connectivity index (χ2n) is 4.41. The Labute approximate surface area is 118 Å². The van der Waals surface area contributed by atoms with E-state index in [2.05, 4.69) is 10.2 Å². The number of nitrogens with zero attached hydrogens (tertiary/aromatic N) is 3. The lowest BCUT2D eigenvalue weighted by Gasteiger charge is -2.11. The van der Waals surface area contributed by atoms with Crippen LogP contribution >= 0.6 is 0 Å². The van der Waals surface area contributed by atoms with Crippen molar-refractivity contribution in [3.63, 3.8) is 0 Å². The van der Waals surface area contributed by atoms with Crippen molar-refractivity contribution in [2.24, 2.45) is 0 Å². The average Bonchev–Trinajstić information content (AvgIpc) is 2.39. The highest BCUT2D eigenvalue weighted by Crippen LogP contribution is 2.31. The molecule has 0 amide bonds. The van der Waals surface area contributed by atoms with E-state index in [9.17, 15) is 13.2 Å². The molecule has 0 atom stereocenters. The van der Waals surface area contributed by atoms with Crippen LogP contribution in [0, 0.1) is 25.2 Å². The van der Waals surface area contributed by atoms with Crippen molar-refractivity contribution in [3.05, 3.63) is 46.6 Å². The van der Waals surface area contributed by atoms with Crippen LogP contribution in [0.5, 0.6) is 11.6 Å². The van der Waals surface area contributed by atoms with Gasteiger partial charge in [0.2, 0.25) is 5.88 Å². The van der Waals surface area contributed by atoms with Crippen LogP contribution in [0.3, 0.4) is 0 Å². The van der Waals surface area contributed by atoms with Gasteiger partial charge in [-0.2, -0.15) is 18.4 Å². The maximum Gasteiger partial charge on any atom is 0.435 e. The fourth-order valence-electron chi connectivity index (χ4n) is 1.74. The van der Waals surface area contributed by atoms with E-state index in [1.54, 1.807) is 25.1 Å². The summed E-state index contributed by atoms with van der Waals surface area (Å²) in [5, 5.41) is 15.4. The molecule has 0 saturated heterocycles. The van der Waals surface area contributed by atoms with Gasteiger partial charge in [0.15, 0.2) is 5.69 Å². The van der Waals surface area contributed by atoms with E-state index in [0.29, 0.717) is 16.9 Å². The van der Waals surface area contributed by atoms with Crippen LogP contribution in [0.4, 0.5) is 13.2 Å². The molecular formula is C14H10F3N3O. The van der Waals surface area contributed by atoms with Gasteiger partial charge in [0, 0.05) is 6.07 Å². The highest BCUT2D eigenvalue weighted by Gasteiger charge is 2.35. The van der Waals surface area contributed by atoms with Gasteiger partial charge in [-0.25, -0.2) is 0 Å². The van der Waals surface area contributed by atoms with Crippen molar-refractivity contribution in [2.75, 3.05) is 0 Å². The molecule has 7 heteroatoms. The fraction of sp³-hybridized carbons (Fsp3) is 0.214. The summed E-state index contributed by atoms with van der Waals surface area (Å²) in [6.45, 7) is 3.01. The monoisotopic (exact) mass is 293 g/mol. The molecule has 0 spiro atoms. The summed E-state index contributed by atoms with van der Waals surface area (Å²) >= 11 is 0. The van der Waals surface area contributed by atoms with Crippen molar-refractivity contribution in [3.8, 4) is 17.7 Å². The summed E-state index contributed by atoms with van der Waals surface area (Å²) in [5.74, 6) is 0.371. The Morgan fingerprint density at radius 3 is 2.33 bits per heavy atom. The summed E-state index contributed by atoms with van der Waals surface area (Å²) in [6.07, 6.45) is -4.54. The minimum absolute atomic E-state index is 0.0340. The van der Waals surface area contributed by atoms with E-state index < -0.39 is 11.9 Å². The maximum absolute atomic E-state index is 12.6. The molecule has 0 unspecified atom stereocenters. The van der Waals surface area contributed by atoms with Crippen LogP contribution in [0.1, 0.15) is 22.4 Å². The number of hydrogen-bond donors (Lipinski definition) is 0. The van der Waals surface area contributed by atoms with E-state index in [1.165, 1.54) is 13.0 Å². The van der Waals surface area contributed by atoms with Gasteiger partial charge >= 0.3 is 6.18 Å². The quantitative estimate of drug-likeness (QED) is 0.845. The van der Waals surface area contributed by atoms with E-state index in [1.807, 2.05) is 6.07 Å². The largest absolute Gasteiger partial charge is 0.437 e. The normalized spacial score (nSPS) is 11.0.